The van der Waals surface area contributed by atoms with Crippen LogP contribution in [0.15, 0.2) is 28.7 Å². The van der Waals surface area contributed by atoms with E-state index in [0.717, 1.165) is 30.5 Å². The summed E-state index contributed by atoms with van der Waals surface area (Å²) in [5.41, 5.74) is 1.38. The lowest BCUT2D eigenvalue weighted by Crippen LogP contribution is -2.45. The zero-order valence-corrected chi connectivity index (χ0v) is 13.4. The normalized spacial score (nSPS) is 19.7. The summed E-state index contributed by atoms with van der Waals surface area (Å²) in [7, 11) is 0. The van der Waals surface area contributed by atoms with Gasteiger partial charge < -0.3 is 9.52 Å². The van der Waals surface area contributed by atoms with Gasteiger partial charge in [0.2, 0.25) is 11.8 Å². The number of aliphatic hydroxyl groups is 1. The Labute approximate surface area is 131 Å². The molecule has 5 heteroatoms. The van der Waals surface area contributed by atoms with Gasteiger partial charge in [-0.3, -0.25) is 4.90 Å². The summed E-state index contributed by atoms with van der Waals surface area (Å²) in [6.07, 6.45) is 2.09. The molecule has 0 aliphatic carbocycles. The molecule has 1 atom stereocenters. The monoisotopic (exact) mass is 301 g/mol. The number of rotatable bonds is 4. The summed E-state index contributed by atoms with van der Waals surface area (Å²) in [6.45, 7) is 7.30. The summed E-state index contributed by atoms with van der Waals surface area (Å²) in [4.78, 5) is 2.23. The van der Waals surface area contributed by atoms with E-state index < -0.39 is 5.60 Å². The van der Waals surface area contributed by atoms with E-state index in [1.165, 1.54) is 0 Å². The van der Waals surface area contributed by atoms with Gasteiger partial charge in [0, 0.05) is 11.6 Å². The van der Waals surface area contributed by atoms with Crippen molar-refractivity contribution in [1.29, 1.82) is 0 Å². The van der Waals surface area contributed by atoms with Gasteiger partial charge in [0.05, 0.1) is 12.1 Å². The van der Waals surface area contributed by atoms with E-state index >= 15 is 0 Å². The van der Waals surface area contributed by atoms with Gasteiger partial charge in [0.15, 0.2) is 0 Å². The van der Waals surface area contributed by atoms with Crippen molar-refractivity contribution in [2.45, 2.75) is 51.8 Å². The molecule has 1 saturated heterocycles. The summed E-state index contributed by atoms with van der Waals surface area (Å²) in [5, 5.41) is 18.6. The van der Waals surface area contributed by atoms with E-state index in [1.54, 1.807) is 0 Å². The molecular weight excluding hydrogens is 278 g/mol. The minimum atomic E-state index is -0.713. The Bertz CT molecular complexity index is 645. The van der Waals surface area contributed by atoms with Gasteiger partial charge in [-0.25, -0.2) is 0 Å². The van der Waals surface area contributed by atoms with Gasteiger partial charge >= 0.3 is 0 Å². The maximum atomic E-state index is 10.3. The molecule has 118 valence electrons. The van der Waals surface area contributed by atoms with Crippen LogP contribution in [-0.4, -0.2) is 38.4 Å². The van der Waals surface area contributed by atoms with Crippen molar-refractivity contribution in [3.63, 3.8) is 0 Å². The molecule has 1 unspecified atom stereocenters. The van der Waals surface area contributed by atoms with Crippen molar-refractivity contribution < 1.29 is 9.52 Å². The summed E-state index contributed by atoms with van der Waals surface area (Å²) >= 11 is 0. The Morgan fingerprint density at radius 3 is 2.82 bits per heavy atom. The van der Waals surface area contributed by atoms with Crippen LogP contribution in [0.5, 0.6) is 0 Å². The van der Waals surface area contributed by atoms with Gasteiger partial charge in [-0.2, -0.15) is 0 Å². The number of nitrogens with zero attached hydrogens (tertiary/aromatic N) is 3. The molecule has 1 aliphatic rings. The molecule has 3 rings (SSSR count). The first kappa shape index (κ1) is 15.2. The van der Waals surface area contributed by atoms with Crippen molar-refractivity contribution in [2.75, 3.05) is 6.54 Å². The standard InChI is InChI=1S/C17H23N3O2/c1-12-7-4-5-8-13(12)16-19-18-15(22-16)11-20-10-6-9-14(20)17(2,3)21/h4-5,7-8,14,21H,6,9-11H2,1-3H3. The Balaban J connectivity index is 1.76. The van der Waals surface area contributed by atoms with Gasteiger partial charge in [-0.1, -0.05) is 18.2 Å². The summed E-state index contributed by atoms with van der Waals surface area (Å²) in [6, 6.07) is 8.12. The van der Waals surface area contributed by atoms with Crippen LogP contribution < -0.4 is 0 Å². The molecule has 1 aromatic carbocycles. The second-order valence-electron chi connectivity index (χ2n) is 6.60. The fraction of sp³-hybridized carbons (Fsp3) is 0.529. The van der Waals surface area contributed by atoms with Crippen LogP contribution in [0.2, 0.25) is 0 Å². The Morgan fingerprint density at radius 1 is 1.32 bits per heavy atom. The third-order valence-corrected chi connectivity index (χ3v) is 4.36. The summed E-state index contributed by atoms with van der Waals surface area (Å²) in [5.74, 6) is 1.17. The molecule has 5 nitrogen and oxygen atoms in total. The third kappa shape index (κ3) is 3.05. The highest BCUT2D eigenvalue weighted by Crippen LogP contribution is 2.29. The van der Waals surface area contributed by atoms with E-state index in [2.05, 4.69) is 15.1 Å². The predicted octanol–water partition coefficient (Wildman–Crippen LogP) is 2.78. The SMILES string of the molecule is Cc1ccccc1-c1nnc(CN2CCCC2C(C)(C)O)o1. The zero-order valence-electron chi connectivity index (χ0n) is 13.4. The first-order valence-corrected chi connectivity index (χ1v) is 7.80. The Kier molecular flexibility index (Phi) is 4.02. The molecule has 0 bridgehead atoms. The quantitative estimate of drug-likeness (QED) is 0.941. The number of hydrogen-bond acceptors (Lipinski definition) is 5. The van der Waals surface area contributed by atoms with Gasteiger partial charge in [-0.15, -0.1) is 10.2 Å². The van der Waals surface area contributed by atoms with Crippen molar-refractivity contribution in [3.8, 4) is 11.5 Å². The molecule has 2 aromatic rings. The lowest BCUT2D eigenvalue weighted by atomic mass is 9.97. The van der Waals surface area contributed by atoms with Gasteiger partial charge in [0.1, 0.15) is 0 Å². The van der Waals surface area contributed by atoms with E-state index in [4.69, 9.17) is 4.42 Å². The fourth-order valence-electron chi connectivity index (χ4n) is 3.23. The number of aryl methyl sites for hydroxylation is 1. The Hall–Kier alpha value is -1.72. The van der Waals surface area contributed by atoms with Crippen molar-refractivity contribution >= 4 is 0 Å². The van der Waals surface area contributed by atoms with Crippen LogP contribution in [0, 0.1) is 6.92 Å². The molecule has 22 heavy (non-hydrogen) atoms. The largest absolute Gasteiger partial charge is 0.419 e. The highest BCUT2D eigenvalue weighted by atomic mass is 16.4. The van der Waals surface area contributed by atoms with Gasteiger partial charge in [-0.05, 0) is 51.8 Å². The zero-order chi connectivity index (χ0) is 15.7. The third-order valence-electron chi connectivity index (χ3n) is 4.36. The number of benzene rings is 1. The van der Waals surface area contributed by atoms with Crippen molar-refractivity contribution in [3.05, 3.63) is 35.7 Å². The smallest absolute Gasteiger partial charge is 0.248 e. The first-order valence-electron chi connectivity index (χ1n) is 7.80. The maximum Gasteiger partial charge on any atom is 0.248 e. The molecule has 2 heterocycles. The second kappa shape index (κ2) is 5.82. The van der Waals surface area contributed by atoms with Crippen LogP contribution in [0.1, 0.15) is 38.1 Å². The topological polar surface area (TPSA) is 62.4 Å². The molecule has 0 radical (unpaired) electrons. The van der Waals surface area contributed by atoms with E-state index in [0.29, 0.717) is 18.3 Å². The number of aromatic nitrogens is 2. The minimum Gasteiger partial charge on any atom is -0.419 e. The van der Waals surface area contributed by atoms with E-state index in [1.807, 2.05) is 45.0 Å². The van der Waals surface area contributed by atoms with Crippen LogP contribution in [0.3, 0.4) is 0 Å². The van der Waals surface area contributed by atoms with Crippen molar-refractivity contribution in [1.82, 2.24) is 15.1 Å². The molecule has 0 spiro atoms. The van der Waals surface area contributed by atoms with E-state index in [-0.39, 0.29) is 6.04 Å². The molecule has 1 aromatic heterocycles. The highest BCUT2D eigenvalue weighted by Gasteiger charge is 2.36. The molecule has 0 amide bonds. The van der Waals surface area contributed by atoms with Gasteiger partial charge in [0.25, 0.3) is 0 Å². The lowest BCUT2D eigenvalue weighted by Gasteiger charge is -2.32. The first-order chi connectivity index (χ1) is 10.4. The fourth-order valence-corrected chi connectivity index (χ4v) is 3.23. The average Bonchev–Trinajstić information content (AvgIpc) is 3.08. The molecular formula is C17H23N3O2. The van der Waals surface area contributed by atoms with Crippen LogP contribution >= 0.6 is 0 Å². The average molecular weight is 301 g/mol. The lowest BCUT2D eigenvalue weighted by molar-refractivity contribution is -0.00723. The Morgan fingerprint density at radius 2 is 2.09 bits per heavy atom. The highest BCUT2D eigenvalue weighted by molar-refractivity contribution is 5.57. The molecule has 0 saturated carbocycles. The molecule has 1 N–H and O–H groups in total. The second-order valence-corrected chi connectivity index (χ2v) is 6.60. The van der Waals surface area contributed by atoms with Crippen LogP contribution in [0.25, 0.3) is 11.5 Å². The number of likely N-dealkylation sites (tertiary alicyclic amines) is 1. The number of hydrogen-bond donors (Lipinski definition) is 1. The van der Waals surface area contributed by atoms with Crippen molar-refractivity contribution in [2.24, 2.45) is 0 Å². The maximum absolute atomic E-state index is 10.3. The minimum absolute atomic E-state index is 0.140. The predicted molar refractivity (Wildman–Crippen MR) is 84.2 cm³/mol. The van der Waals surface area contributed by atoms with E-state index in [9.17, 15) is 5.11 Å². The van der Waals surface area contributed by atoms with Crippen LogP contribution in [-0.2, 0) is 6.54 Å². The molecule has 1 aliphatic heterocycles. The van der Waals surface area contributed by atoms with Crippen LogP contribution in [0.4, 0.5) is 0 Å². The molecule has 1 fully saturated rings. The summed E-state index contributed by atoms with van der Waals surface area (Å²) < 4.78 is 5.83.